The lowest BCUT2D eigenvalue weighted by Crippen LogP contribution is -2.31. The predicted octanol–water partition coefficient (Wildman–Crippen LogP) is 3.83. The van der Waals surface area contributed by atoms with E-state index in [-0.39, 0.29) is 10.6 Å². The van der Waals surface area contributed by atoms with E-state index >= 15 is 0 Å². The Bertz CT molecular complexity index is 1170. The van der Waals surface area contributed by atoms with E-state index in [9.17, 15) is 18.3 Å². The molecule has 0 unspecified atom stereocenters. The molecule has 1 aliphatic rings. The zero-order chi connectivity index (χ0) is 21.8. The molecule has 1 N–H and O–H groups in total. The summed E-state index contributed by atoms with van der Waals surface area (Å²) in [6.45, 7) is 3.84. The maximum Gasteiger partial charge on any atom is 0.353 e. The molecule has 0 aliphatic carbocycles. The van der Waals surface area contributed by atoms with Crippen LogP contribution < -0.4 is 4.74 Å². The lowest BCUT2D eigenvalue weighted by atomic mass is 10.1. The van der Waals surface area contributed by atoms with Gasteiger partial charge in [0.1, 0.15) is 11.4 Å². The Morgan fingerprint density at radius 2 is 1.74 bits per heavy atom. The molecular formula is C23H26N2O5S. The van der Waals surface area contributed by atoms with E-state index in [1.165, 1.54) is 37.5 Å². The molecule has 164 valence electrons. The number of piperidine rings is 1. The minimum atomic E-state index is -4.05. The molecule has 1 aromatic heterocycles. The minimum absolute atomic E-state index is 0.0352. The van der Waals surface area contributed by atoms with E-state index in [1.807, 2.05) is 0 Å². The zero-order valence-electron chi connectivity index (χ0n) is 17.2. The lowest BCUT2D eigenvalue weighted by molar-refractivity contribution is 0.0689. The second-order valence-electron chi connectivity index (χ2n) is 7.74. The summed E-state index contributed by atoms with van der Waals surface area (Å²) in [5.74, 6) is -0.711. The predicted molar refractivity (Wildman–Crippen MR) is 118 cm³/mol. The van der Waals surface area contributed by atoms with Crippen molar-refractivity contribution in [1.29, 1.82) is 0 Å². The summed E-state index contributed by atoms with van der Waals surface area (Å²) in [4.78, 5) is 14.3. The summed E-state index contributed by atoms with van der Waals surface area (Å²) in [5.41, 5.74) is 0.00280. The SMILES string of the molecule is O=C(O)c1cc2cc(OCCCN3CCCCC3)ccc2n1S(=O)(=O)c1ccccc1. The molecule has 1 aliphatic heterocycles. The number of aromatic carboxylic acids is 1. The first-order chi connectivity index (χ1) is 15.0. The summed E-state index contributed by atoms with van der Waals surface area (Å²) < 4.78 is 33.0. The Labute approximate surface area is 181 Å². The van der Waals surface area contributed by atoms with Gasteiger partial charge < -0.3 is 14.7 Å². The monoisotopic (exact) mass is 442 g/mol. The highest BCUT2D eigenvalue weighted by Crippen LogP contribution is 2.29. The molecule has 0 amide bonds. The van der Waals surface area contributed by atoms with Gasteiger partial charge in [0.25, 0.3) is 10.0 Å². The Morgan fingerprint density at radius 3 is 2.45 bits per heavy atom. The van der Waals surface area contributed by atoms with Crippen molar-refractivity contribution >= 4 is 26.9 Å². The highest BCUT2D eigenvalue weighted by Gasteiger charge is 2.26. The lowest BCUT2D eigenvalue weighted by Gasteiger charge is -2.26. The van der Waals surface area contributed by atoms with Gasteiger partial charge in [-0.25, -0.2) is 17.2 Å². The van der Waals surface area contributed by atoms with Crippen molar-refractivity contribution in [2.75, 3.05) is 26.2 Å². The average molecular weight is 443 g/mol. The molecule has 0 bridgehead atoms. The number of hydrogen-bond acceptors (Lipinski definition) is 5. The smallest absolute Gasteiger partial charge is 0.353 e. The molecule has 2 heterocycles. The fourth-order valence-electron chi connectivity index (χ4n) is 4.03. The molecule has 3 aromatic rings. The van der Waals surface area contributed by atoms with E-state index in [0.29, 0.717) is 23.3 Å². The van der Waals surface area contributed by atoms with E-state index in [1.54, 1.807) is 36.4 Å². The summed E-state index contributed by atoms with van der Waals surface area (Å²) in [6.07, 6.45) is 4.73. The van der Waals surface area contributed by atoms with Crippen LogP contribution in [0.5, 0.6) is 5.75 Å². The molecule has 0 saturated carbocycles. The number of hydrogen-bond donors (Lipinski definition) is 1. The Balaban J connectivity index is 1.56. The molecule has 8 heteroatoms. The van der Waals surface area contributed by atoms with Crippen molar-refractivity contribution in [3.8, 4) is 5.75 Å². The van der Waals surface area contributed by atoms with Crippen LogP contribution in [0.25, 0.3) is 10.9 Å². The maximum atomic E-state index is 13.1. The van der Waals surface area contributed by atoms with Crippen molar-refractivity contribution in [1.82, 2.24) is 8.87 Å². The van der Waals surface area contributed by atoms with Crippen molar-refractivity contribution in [3.63, 3.8) is 0 Å². The number of benzene rings is 2. The fraction of sp³-hybridized carbons (Fsp3) is 0.348. The Morgan fingerprint density at radius 1 is 1.00 bits per heavy atom. The number of carboxylic acid groups (broad SMARTS) is 1. The van der Waals surface area contributed by atoms with Crippen LogP contribution in [0.3, 0.4) is 0 Å². The number of rotatable bonds is 8. The number of likely N-dealkylation sites (tertiary alicyclic amines) is 1. The standard InChI is InChI=1S/C23H26N2O5S/c26-23(27)22-17-18-16-19(30-15-7-14-24-12-5-2-6-13-24)10-11-21(18)25(22)31(28,29)20-8-3-1-4-9-20/h1,3-4,8-11,16-17H,2,5-7,12-15H2,(H,26,27). The summed E-state index contributed by atoms with van der Waals surface area (Å²) in [5, 5.41) is 10.1. The number of ether oxygens (including phenoxy) is 1. The summed E-state index contributed by atoms with van der Waals surface area (Å²) in [7, 11) is -4.05. The van der Waals surface area contributed by atoms with Crippen LogP contribution >= 0.6 is 0 Å². The van der Waals surface area contributed by atoms with Crippen LogP contribution in [0.4, 0.5) is 0 Å². The van der Waals surface area contributed by atoms with Gasteiger partial charge in [-0.1, -0.05) is 24.6 Å². The minimum Gasteiger partial charge on any atom is -0.494 e. The molecule has 0 atom stereocenters. The van der Waals surface area contributed by atoms with Gasteiger partial charge in [-0.05, 0) is 68.8 Å². The molecule has 7 nitrogen and oxygen atoms in total. The highest BCUT2D eigenvalue weighted by atomic mass is 32.2. The zero-order valence-corrected chi connectivity index (χ0v) is 18.1. The van der Waals surface area contributed by atoms with Gasteiger partial charge in [-0.2, -0.15) is 0 Å². The third kappa shape index (κ3) is 4.60. The quantitative estimate of drug-likeness (QED) is 0.534. The summed E-state index contributed by atoms with van der Waals surface area (Å²) in [6, 6.07) is 14.2. The van der Waals surface area contributed by atoms with E-state index in [0.717, 1.165) is 30.0 Å². The number of nitrogens with zero attached hydrogens (tertiary/aromatic N) is 2. The third-order valence-electron chi connectivity index (χ3n) is 5.57. The molecule has 2 aromatic carbocycles. The molecule has 1 fully saturated rings. The first-order valence-electron chi connectivity index (χ1n) is 10.5. The van der Waals surface area contributed by atoms with E-state index < -0.39 is 16.0 Å². The number of aromatic nitrogens is 1. The van der Waals surface area contributed by atoms with Gasteiger partial charge in [0, 0.05) is 11.9 Å². The Kier molecular flexibility index (Phi) is 6.29. The molecule has 4 rings (SSSR count). The van der Waals surface area contributed by atoms with Gasteiger partial charge in [-0.3, -0.25) is 0 Å². The van der Waals surface area contributed by atoms with Gasteiger partial charge in [0.05, 0.1) is 17.0 Å². The second kappa shape index (κ2) is 9.11. The molecule has 1 saturated heterocycles. The van der Waals surface area contributed by atoms with Crippen molar-refractivity contribution < 1.29 is 23.1 Å². The maximum absolute atomic E-state index is 13.1. The molecule has 31 heavy (non-hydrogen) atoms. The fourth-order valence-corrected chi connectivity index (χ4v) is 5.55. The Hall–Kier alpha value is -2.84. The van der Waals surface area contributed by atoms with Crippen LogP contribution in [-0.4, -0.2) is 54.6 Å². The summed E-state index contributed by atoms with van der Waals surface area (Å²) >= 11 is 0. The first-order valence-corrected chi connectivity index (χ1v) is 12.0. The van der Waals surface area contributed by atoms with Crippen molar-refractivity contribution in [2.45, 2.75) is 30.6 Å². The van der Waals surface area contributed by atoms with Crippen LogP contribution in [0.2, 0.25) is 0 Å². The highest BCUT2D eigenvalue weighted by molar-refractivity contribution is 7.90. The largest absolute Gasteiger partial charge is 0.494 e. The van der Waals surface area contributed by atoms with Gasteiger partial charge in [-0.15, -0.1) is 0 Å². The van der Waals surface area contributed by atoms with Crippen LogP contribution in [0.1, 0.15) is 36.2 Å². The van der Waals surface area contributed by atoms with E-state index in [2.05, 4.69) is 4.90 Å². The third-order valence-corrected chi connectivity index (χ3v) is 7.31. The van der Waals surface area contributed by atoms with Crippen LogP contribution in [-0.2, 0) is 10.0 Å². The number of fused-ring (bicyclic) bond motifs is 1. The first kappa shape index (κ1) is 21.4. The van der Waals surface area contributed by atoms with Crippen molar-refractivity contribution in [2.24, 2.45) is 0 Å². The molecular weight excluding hydrogens is 416 g/mol. The van der Waals surface area contributed by atoms with E-state index in [4.69, 9.17) is 4.74 Å². The molecule has 0 spiro atoms. The number of carbonyl (C=O) groups is 1. The normalized spacial score (nSPS) is 15.2. The van der Waals surface area contributed by atoms with Crippen LogP contribution in [0.15, 0.2) is 59.5 Å². The average Bonchev–Trinajstić information content (AvgIpc) is 3.18. The van der Waals surface area contributed by atoms with Crippen LogP contribution in [0, 0.1) is 0 Å². The van der Waals surface area contributed by atoms with Gasteiger partial charge >= 0.3 is 5.97 Å². The van der Waals surface area contributed by atoms with Gasteiger partial charge in [0.15, 0.2) is 0 Å². The van der Waals surface area contributed by atoms with Crippen molar-refractivity contribution in [3.05, 3.63) is 60.3 Å². The second-order valence-corrected chi connectivity index (χ2v) is 9.53. The van der Waals surface area contributed by atoms with Gasteiger partial charge in [0.2, 0.25) is 0 Å². The topological polar surface area (TPSA) is 88.8 Å². The molecule has 0 radical (unpaired) electrons. The number of carboxylic acids is 1.